The highest BCUT2D eigenvalue weighted by molar-refractivity contribution is 6.23. The zero-order chi connectivity index (χ0) is 23.3. The maximum absolute atomic E-state index is 12.7. The van der Waals surface area contributed by atoms with Crippen molar-refractivity contribution in [1.29, 1.82) is 0 Å². The number of nitrogens with zero attached hydrogens (tertiary/aromatic N) is 1. The van der Waals surface area contributed by atoms with E-state index in [0.717, 1.165) is 0 Å². The number of carbonyl (C=O) groups is 3. The summed E-state index contributed by atoms with van der Waals surface area (Å²) in [4.78, 5) is 40.5. The van der Waals surface area contributed by atoms with Gasteiger partial charge in [-0.2, -0.15) is 0 Å². The number of alkyl carbamates (subject to hydrolysis) is 1. The van der Waals surface area contributed by atoms with Crippen LogP contribution in [0.2, 0.25) is 0 Å². The van der Waals surface area contributed by atoms with E-state index in [-0.39, 0.29) is 41.4 Å². The van der Waals surface area contributed by atoms with Crippen molar-refractivity contribution in [1.82, 2.24) is 5.32 Å². The van der Waals surface area contributed by atoms with Crippen LogP contribution < -0.4 is 5.32 Å². The standard InChI is InChI=1S/C22H36N2O6/c1-13(2)10-15(18-16(25)11-22(6,7)12-17(18)26)23-9-8-14(19(27)28)24-20(29)30-21(3,4)5/h13-14,25H,8-12H2,1-7H3,(H,24,29)(H,27,28)/t14-/m0/s1. The minimum absolute atomic E-state index is 0.0316. The first-order valence-electron chi connectivity index (χ1n) is 10.3. The molecule has 1 aliphatic carbocycles. The number of carbonyl (C=O) groups excluding carboxylic acids is 2. The van der Waals surface area contributed by atoms with Crippen LogP contribution in [0.1, 0.15) is 74.1 Å². The molecule has 30 heavy (non-hydrogen) atoms. The number of ketones is 1. The van der Waals surface area contributed by atoms with Gasteiger partial charge in [0.15, 0.2) is 5.78 Å². The maximum atomic E-state index is 12.7. The number of aliphatic carboxylic acids is 1. The third-order valence-electron chi connectivity index (χ3n) is 4.45. The number of rotatable bonds is 8. The molecule has 0 bridgehead atoms. The number of Topliss-reactive ketones (excluding diaryl/α,β-unsaturated/α-hetero) is 1. The third-order valence-corrected chi connectivity index (χ3v) is 4.45. The summed E-state index contributed by atoms with van der Waals surface area (Å²) >= 11 is 0. The molecule has 8 heteroatoms. The molecule has 1 atom stereocenters. The Kier molecular flexibility index (Phi) is 8.63. The molecule has 0 saturated heterocycles. The van der Waals surface area contributed by atoms with Gasteiger partial charge in [-0.05, 0) is 44.9 Å². The molecule has 0 aliphatic heterocycles. The molecule has 0 heterocycles. The average Bonchev–Trinajstić information content (AvgIpc) is 2.49. The predicted molar refractivity (Wildman–Crippen MR) is 115 cm³/mol. The molecule has 0 aromatic heterocycles. The molecular formula is C22H36N2O6. The zero-order valence-electron chi connectivity index (χ0n) is 19.2. The van der Waals surface area contributed by atoms with Crippen LogP contribution in [0.15, 0.2) is 16.3 Å². The van der Waals surface area contributed by atoms with Gasteiger partial charge in [0, 0.05) is 25.1 Å². The van der Waals surface area contributed by atoms with Crippen molar-refractivity contribution in [3.63, 3.8) is 0 Å². The molecule has 0 spiro atoms. The van der Waals surface area contributed by atoms with Gasteiger partial charge >= 0.3 is 12.1 Å². The molecule has 0 aromatic rings. The lowest BCUT2D eigenvalue weighted by Crippen LogP contribution is -2.43. The molecule has 1 rings (SSSR count). The summed E-state index contributed by atoms with van der Waals surface area (Å²) < 4.78 is 5.11. The number of allylic oxidation sites excluding steroid dienone is 2. The average molecular weight is 425 g/mol. The van der Waals surface area contributed by atoms with Gasteiger partial charge < -0.3 is 20.3 Å². The summed E-state index contributed by atoms with van der Waals surface area (Å²) in [6, 6.07) is -1.17. The Morgan fingerprint density at radius 3 is 2.30 bits per heavy atom. The van der Waals surface area contributed by atoms with Gasteiger partial charge in [0.25, 0.3) is 0 Å². The van der Waals surface area contributed by atoms with E-state index in [0.29, 0.717) is 25.0 Å². The third kappa shape index (κ3) is 8.55. The molecule has 3 N–H and O–H groups in total. The van der Waals surface area contributed by atoms with Crippen LogP contribution in [0, 0.1) is 11.3 Å². The van der Waals surface area contributed by atoms with E-state index in [2.05, 4.69) is 10.3 Å². The van der Waals surface area contributed by atoms with E-state index in [1.165, 1.54) is 0 Å². The van der Waals surface area contributed by atoms with Crippen molar-refractivity contribution in [3.05, 3.63) is 11.3 Å². The summed E-state index contributed by atoms with van der Waals surface area (Å²) in [5.74, 6) is -1.11. The lowest BCUT2D eigenvalue weighted by atomic mass is 9.75. The highest BCUT2D eigenvalue weighted by Crippen LogP contribution is 2.36. The minimum Gasteiger partial charge on any atom is -0.511 e. The number of hydrogen-bond acceptors (Lipinski definition) is 6. The Labute approximate surface area is 178 Å². The Bertz CT molecular complexity index is 728. The van der Waals surface area contributed by atoms with Crippen molar-refractivity contribution in [2.45, 2.75) is 85.8 Å². The molecule has 0 fully saturated rings. The van der Waals surface area contributed by atoms with E-state index < -0.39 is 23.7 Å². The van der Waals surface area contributed by atoms with Gasteiger partial charge in [-0.3, -0.25) is 9.79 Å². The van der Waals surface area contributed by atoms with Gasteiger partial charge in [-0.1, -0.05) is 27.7 Å². The molecule has 1 amide bonds. The van der Waals surface area contributed by atoms with E-state index >= 15 is 0 Å². The molecule has 1 aliphatic rings. The van der Waals surface area contributed by atoms with Crippen molar-refractivity contribution in [2.75, 3.05) is 6.54 Å². The molecule has 170 valence electrons. The fourth-order valence-corrected chi connectivity index (χ4v) is 3.28. The molecular weight excluding hydrogens is 388 g/mol. The minimum atomic E-state index is -1.20. The first kappa shape index (κ1) is 25.7. The van der Waals surface area contributed by atoms with Crippen molar-refractivity contribution >= 4 is 23.6 Å². The quantitative estimate of drug-likeness (QED) is 0.505. The second kappa shape index (κ2) is 10.1. The van der Waals surface area contributed by atoms with Gasteiger partial charge in [-0.15, -0.1) is 0 Å². The van der Waals surface area contributed by atoms with Crippen LogP contribution in [-0.2, 0) is 14.3 Å². The normalized spacial score (nSPS) is 18.4. The van der Waals surface area contributed by atoms with Gasteiger partial charge in [0.2, 0.25) is 0 Å². The largest absolute Gasteiger partial charge is 0.511 e. The van der Waals surface area contributed by atoms with E-state index in [1.54, 1.807) is 20.8 Å². The molecule has 8 nitrogen and oxygen atoms in total. The number of aliphatic hydroxyl groups is 1. The monoisotopic (exact) mass is 424 g/mol. The second-order valence-electron chi connectivity index (χ2n) is 10.0. The fourth-order valence-electron chi connectivity index (χ4n) is 3.28. The summed E-state index contributed by atoms with van der Waals surface area (Å²) in [6.07, 6.45) is 0.420. The first-order valence-corrected chi connectivity index (χ1v) is 10.3. The van der Waals surface area contributed by atoms with E-state index in [9.17, 15) is 24.6 Å². The first-order chi connectivity index (χ1) is 13.6. The highest BCUT2D eigenvalue weighted by Gasteiger charge is 2.35. The summed E-state index contributed by atoms with van der Waals surface area (Å²) in [5, 5.41) is 22.2. The number of amides is 1. The number of hydrogen-bond donors (Lipinski definition) is 3. The lowest BCUT2D eigenvalue weighted by Gasteiger charge is -2.30. The Morgan fingerprint density at radius 1 is 1.23 bits per heavy atom. The number of nitrogens with one attached hydrogen (secondary N) is 1. The topological polar surface area (TPSA) is 125 Å². The number of carboxylic acids is 1. The summed E-state index contributed by atoms with van der Waals surface area (Å²) in [7, 11) is 0. The summed E-state index contributed by atoms with van der Waals surface area (Å²) in [6.45, 7) is 13.0. The number of aliphatic imine (C=N–C) groups is 1. The fraction of sp³-hybridized carbons (Fsp3) is 0.727. The van der Waals surface area contributed by atoms with E-state index in [1.807, 2.05) is 27.7 Å². The SMILES string of the molecule is CC(C)CC(=NCC[C@H](NC(=O)OC(C)(C)C)C(=O)O)C1=C(O)CC(C)(C)CC1=O. The number of ether oxygens (including phenoxy) is 1. The van der Waals surface area contributed by atoms with E-state index in [4.69, 9.17) is 4.74 Å². The van der Waals surface area contributed by atoms with Crippen LogP contribution in [0.25, 0.3) is 0 Å². The Hall–Kier alpha value is -2.38. The van der Waals surface area contributed by atoms with Gasteiger partial charge in [-0.25, -0.2) is 9.59 Å². The van der Waals surface area contributed by atoms with Crippen LogP contribution in [0.3, 0.4) is 0 Å². The molecule has 0 saturated carbocycles. The number of carboxylic acid groups (broad SMARTS) is 1. The Balaban J connectivity index is 2.98. The van der Waals surface area contributed by atoms with Crippen molar-refractivity contribution in [3.8, 4) is 0 Å². The molecule has 0 aromatic carbocycles. The zero-order valence-corrected chi connectivity index (χ0v) is 19.2. The van der Waals surface area contributed by atoms with Gasteiger partial charge in [0.05, 0.1) is 5.57 Å². The Morgan fingerprint density at radius 2 is 1.83 bits per heavy atom. The van der Waals surface area contributed by atoms with Crippen LogP contribution in [0.5, 0.6) is 0 Å². The van der Waals surface area contributed by atoms with Crippen LogP contribution in [-0.4, -0.2) is 52.0 Å². The molecule has 0 radical (unpaired) electrons. The van der Waals surface area contributed by atoms with Gasteiger partial charge in [0.1, 0.15) is 17.4 Å². The van der Waals surface area contributed by atoms with Crippen LogP contribution >= 0.6 is 0 Å². The van der Waals surface area contributed by atoms with Crippen LogP contribution in [0.4, 0.5) is 4.79 Å². The number of aliphatic hydroxyl groups excluding tert-OH is 1. The molecule has 0 unspecified atom stereocenters. The van der Waals surface area contributed by atoms with Crippen molar-refractivity contribution < 1.29 is 29.3 Å². The predicted octanol–water partition coefficient (Wildman–Crippen LogP) is 4.04. The smallest absolute Gasteiger partial charge is 0.408 e. The maximum Gasteiger partial charge on any atom is 0.408 e. The summed E-state index contributed by atoms with van der Waals surface area (Å²) in [5.41, 5.74) is -0.298. The second-order valence-corrected chi connectivity index (χ2v) is 10.0. The van der Waals surface area contributed by atoms with Crippen molar-refractivity contribution in [2.24, 2.45) is 16.3 Å². The highest BCUT2D eigenvalue weighted by atomic mass is 16.6. The lowest BCUT2D eigenvalue weighted by molar-refractivity contribution is -0.139.